The summed E-state index contributed by atoms with van der Waals surface area (Å²) in [5.74, 6) is -58.5. The topological polar surface area (TPSA) is 81.7 Å². The maximum atomic E-state index is 16.1. The Kier molecular flexibility index (Phi) is 35.2. The molecule has 8 nitrogen and oxygen atoms in total. The fraction of sp³-hybridized carbons (Fsp3) is 0.773. The number of hydrogen-bond acceptors (Lipinski definition) is 8. The summed E-state index contributed by atoms with van der Waals surface area (Å²) >= 11 is 0. The van der Waals surface area contributed by atoms with Gasteiger partial charge in [-0.3, -0.25) is 0 Å². The van der Waals surface area contributed by atoms with Crippen LogP contribution in [0.5, 0.6) is 5.75 Å². The lowest BCUT2D eigenvalue weighted by Crippen LogP contribution is -2.74. The Morgan fingerprint density at radius 1 is 0.490 bits per heavy atom. The normalized spacial score (nSPS) is 18.1. The minimum Gasteiger partial charge on any atom is -0.497 e. The van der Waals surface area contributed by atoms with Crippen LogP contribution in [0.4, 0.5) is 74.6 Å². The van der Waals surface area contributed by atoms with Gasteiger partial charge in [-0.2, -0.15) is 74.6 Å². The van der Waals surface area contributed by atoms with Gasteiger partial charge in [0.15, 0.2) is 33.3 Å². The van der Waals surface area contributed by atoms with Crippen molar-refractivity contribution in [1.82, 2.24) is 0 Å². The first-order valence-corrected chi connectivity index (χ1v) is 46.6. The average molecular weight is 1590 g/mol. The third-order valence-corrected chi connectivity index (χ3v) is 41.1. The van der Waals surface area contributed by atoms with E-state index in [1.807, 2.05) is 83.3 Å². The lowest BCUT2D eigenvalue weighted by molar-refractivity contribution is -0.461. The Morgan fingerprint density at radius 2 is 0.933 bits per heavy atom. The van der Waals surface area contributed by atoms with Gasteiger partial charge in [0.1, 0.15) is 5.75 Å². The lowest BCUT2D eigenvalue weighted by atomic mass is 9.82. The summed E-state index contributed by atoms with van der Waals surface area (Å²) in [7, 11) is -9.56. The number of halogens is 17. The number of ether oxygens (including phenoxy) is 3. The highest BCUT2D eigenvalue weighted by atomic mass is 28.4. The highest BCUT2D eigenvalue weighted by Crippen LogP contribution is 2.65. The molecule has 0 aliphatic carbocycles. The number of benzene rings is 1. The summed E-state index contributed by atoms with van der Waals surface area (Å²) in [6.07, 6.45) is 3.41. The number of carbonyl (C=O) groups is 1. The second kappa shape index (κ2) is 37.1. The van der Waals surface area contributed by atoms with Crippen LogP contribution in [0.1, 0.15) is 169 Å². The van der Waals surface area contributed by atoms with Gasteiger partial charge in [0, 0.05) is 30.8 Å². The van der Waals surface area contributed by atoms with Gasteiger partial charge in [0.25, 0.3) is 0 Å². The van der Waals surface area contributed by atoms with Crippen LogP contribution in [-0.2, 0) is 38.6 Å². The van der Waals surface area contributed by atoms with Crippen LogP contribution in [0.15, 0.2) is 85.5 Å². The van der Waals surface area contributed by atoms with Crippen LogP contribution in [0.2, 0.25) is 71.5 Å². The molecular weight excluding hydrogens is 1460 g/mol. The molecule has 606 valence electrons. The highest BCUT2D eigenvalue weighted by molar-refractivity contribution is 6.76. The summed E-state index contributed by atoms with van der Waals surface area (Å²) < 4.78 is 294. The average Bonchev–Trinajstić information content (AvgIpc) is 0.695. The van der Waals surface area contributed by atoms with E-state index < -0.39 is 140 Å². The van der Waals surface area contributed by atoms with Crippen LogP contribution in [0.3, 0.4) is 0 Å². The van der Waals surface area contributed by atoms with Crippen molar-refractivity contribution in [3.63, 3.8) is 0 Å². The molecule has 29 heteroatoms. The zero-order valence-corrected chi connectivity index (χ0v) is 70.4. The van der Waals surface area contributed by atoms with E-state index in [9.17, 15) is 53.1 Å². The quantitative estimate of drug-likeness (QED) is 0.0160. The zero-order chi connectivity index (χ0) is 81.8. The van der Waals surface area contributed by atoms with E-state index in [2.05, 4.69) is 108 Å². The van der Waals surface area contributed by atoms with Crippen molar-refractivity contribution in [2.45, 2.75) is 320 Å². The highest BCUT2D eigenvalue weighted by Gasteiger charge is 2.95. The minimum atomic E-state index is -8.75. The van der Waals surface area contributed by atoms with Crippen LogP contribution in [-0.4, -0.2) is 132 Å². The monoisotopic (exact) mass is 1590 g/mol. The predicted octanol–water partition coefficient (Wildman–Crippen LogP) is 25.3. The standard InChI is InChI=1S/C75H123F17O8Si4/c1-29-30-33-53(8)64(96-48-57-38-41-58(94-21)42-39-57)56(11)60(98-102(25,26)66(15,16)17)43-36-51(6)46-55(10)63(100-103(27,28)67(18,19)20)54(9)37-40-59(97-101(23,24)65(12,13)14)47-61(52(7)34-31-32-35-62(93)95-22)99-104(49(2)3,50(4)5)45-44-68(76,77)69(78,79)70(80,81)71(82,83)72(84,85)73(86,87)74(88,89)75(90,91)92/h29-35,37-42,49-56,59-61,63-64H,1,36,43-48H2,2-28H3/b33-30+,34-31+,35-32-,40-37?/t51-,52+,53-,54-,55-,56-,59+,60+,61+,63-,64-/m0/s1. The SMILES string of the molecule is C=C/C=C/[C@H](C)[C@H](OCc1ccc(OC)cc1)[C@@H](C)[C@@H](CC[C@H](C)C[C@H](C)[C@@H](O[Si](C)(C)C(C)(C)C)[C@@H](C)C=C[C@H](C[C@@H](O[Si](CCC(F)(F)C(F)(F)C(F)(F)C(F)(F)C(F)(F)C(F)(F)C(F)(F)C(F)(F)F)(C(C)C)C(C)C)[C@H](C)/C=C/C=C\C(=O)OC)O[Si](C)(C)C(C)(C)C)O[Si](C)(C)C(C)(C)C. The van der Waals surface area contributed by atoms with Crippen LogP contribution < -0.4 is 4.74 Å². The molecule has 0 aromatic heterocycles. The van der Waals surface area contributed by atoms with E-state index in [0.29, 0.717) is 19.4 Å². The number of esters is 1. The molecule has 0 saturated carbocycles. The molecule has 104 heavy (non-hydrogen) atoms. The predicted molar refractivity (Wildman–Crippen MR) is 391 cm³/mol. The molecule has 0 aliphatic rings. The molecule has 0 unspecified atom stereocenters. The molecule has 1 rings (SSSR count). The smallest absolute Gasteiger partial charge is 0.460 e. The molecule has 0 bridgehead atoms. The first-order valence-electron chi connectivity index (χ1n) is 35.6. The second-order valence-electron chi connectivity index (χ2n) is 33.7. The van der Waals surface area contributed by atoms with E-state index in [4.69, 9.17) is 31.9 Å². The van der Waals surface area contributed by atoms with Crippen molar-refractivity contribution in [1.29, 1.82) is 0 Å². The van der Waals surface area contributed by atoms with Crippen molar-refractivity contribution in [2.24, 2.45) is 35.5 Å². The maximum Gasteiger partial charge on any atom is 0.460 e. The van der Waals surface area contributed by atoms with Gasteiger partial charge in [-0.05, 0) is 132 Å². The van der Waals surface area contributed by atoms with Gasteiger partial charge in [-0.1, -0.05) is 199 Å². The Hall–Kier alpha value is -3.33. The molecule has 11 atom stereocenters. The maximum absolute atomic E-state index is 16.1. The van der Waals surface area contributed by atoms with E-state index in [-0.39, 0.29) is 58.3 Å². The molecule has 1 aromatic rings. The Bertz CT molecular complexity index is 2930. The third-order valence-electron chi connectivity index (χ3n) is 21.9. The van der Waals surface area contributed by atoms with Crippen molar-refractivity contribution < 1.29 is 111 Å². The van der Waals surface area contributed by atoms with E-state index in [0.717, 1.165) is 30.9 Å². The fourth-order valence-electron chi connectivity index (χ4n) is 11.7. The molecule has 1 aromatic carbocycles. The van der Waals surface area contributed by atoms with E-state index in [1.54, 1.807) is 20.1 Å². The number of rotatable bonds is 43. The Labute approximate surface area is 614 Å². The molecule has 0 aliphatic heterocycles. The van der Waals surface area contributed by atoms with E-state index >= 15 is 26.3 Å². The first kappa shape index (κ1) is 98.7. The van der Waals surface area contributed by atoms with Crippen LogP contribution >= 0.6 is 0 Å². The van der Waals surface area contributed by atoms with Crippen molar-refractivity contribution >= 4 is 39.2 Å². The summed E-state index contributed by atoms with van der Waals surface area (Å²) in [6.45, 7) is 53.8. The minimum absolute atomic E-state index is 0.0245. The summed E-state index contributed by atoms with van der Waals surface area (Å²) in [5.41, 5.74) is -0.987. The summed E-state index contributed by atoms with van der Waals surface area (Å²) in [5, 5.41) is -0.859. The fourth-order valence-corrected chi connectivity index (χ4v) is 20.6. The van der Waals surface area contributed by atoms with Gasteiger partial charge in [-0.15, -0.1) is 0 Å². The lowest BCUT2D eigenvalue weighted by Gasteiger charge is -2.46. The van der Waals surface area contributed by atoms with E-state index in [1.165, 1.54) is 45.9 Å². The number of alkyl halides is 17. The summed E-state index contributed by atoms with van der Waals surface area (Å²) in [4.78, 5) is 12.1. The van der Waals surface area contributed by atoms with Crippen LogP contribution in [0, 0.1) is 35.5 Å². The van der Waals surface area contributed by atoms with Crippen molar-refractivity contribution in [2.75, 3.05) is 14.2 Å². The number of allylic oxidation sites excluding steroid dienone is 4. The molecule has 0 radical (unpaired) electrons. The molecule has 0 heterocycles. The first-order chi connectivity index (χ1) is 46.6. The molecule has 0 spiro atoms. The van der Waals surface area contributed by atoms with Crippen molar-refractivity contribution in [3.8, 4) is 5.75 Å². The Morgan fingerprint density at radius 3 is 1.38 bits per heavy atom. The molecular formula is C75H123F17O8Si4. The van der Waals surface area contributed by atoms with Gasteiger partial charge in [0.05, 0.1) is 51.3 Å². The van der Waals surface area contributed by atoms with Gasteiger partial charge < -0.3 is 31.9 Å². The van der Waals surface area contributed by atoms with Crippen LogP contribution in [0.25, 0.3) is 0 Å². The number of carbonyl (C=O) groups excluding carboxylic acids is 1. The zero-order valence-electron chi connectivity index (χ0n) is 66.4. The summed E-state index contributed by atoms with van der Waals surface area (Å²) in [6, 6.07) is 6.38. The largest absolute Gasteiger partial charge is 0.497 e. The molecule has 0 amide bonds. The molecule has 0 fully saturated rings. The number of methoxy groups -OCH3 is 2. The van der Waals surface area contributed by atoms with Gasteiger partial charge >= 0.3 is 53.6 Å². The van der Waals surface area contributed by atoms with Gasteiger partial charge in [-0.25, -0.2) is 4.79 Å². The molecule has 0 saturated heterocycles. The molecule has 0 N–H and O–H groups in total. The second-order valence-corrected chi connectivity index (χ2v) is 52.9. The third kappa shape index (κ3) is 24.1. The Balaban J connectivity index is 4.29. The number of hydrogen-bond donors (Lipinski definition) is 0. The van der Waals surface area contributed by atoms with Crippen molar-refractivity contribution in [3.05, 3.63) is 91.1 Å². The van der Waals surface area contributed by atoms with Gasteiger partial charge in [0.2, 0.25) is 0 Å².